The van der Waals surface area contributed by atoms with Gasteiger partial charge in [-0.25, -0.2) is 9.80 Å². The van der Waals surface area contributed by atoms with Crippen LogP contribution in [0, 0.1) is 23.7 Å². The van der Waals surface area contributed by atoms with Gasteiger partial charge in [-0.2, -0.15) is 0 Å². The van der Waals surface area contributed by atoms with Crippen LogP contribution in [0.4, 0.5) is 11.4 Å². The van der Waals surface area contributed by atoms with Crippen LogP contribution in [-0.2, 0) is 0 Å². The number of anilines is 2. The van der Waals surface area contributed by atoms with Crippen molar-refractivity contribution >= 4 is 102 Å². The highest BCUT2D eigenvalue weighted by atomic mass is 16.2. The molecule has 11 aromatic carbocycles. The molecule has 0 fully saturated rings. The van der Waals surface area contributed by atoms with Crippen LogP contribution in [0.2, 0.25) is 0 Å². The Morgan fingerprint density at radius 2 is 0.641 bits per heavy atom. The molecule has 4 aliphatic heterocycles. The van der Waals surface area contributed by atoms with E-state index in [-0.39, 0.29) is 46.5 Å². The number of hydrogen-bond donors (Lipinski definition) is 0. The molecule has 0 N–H and O–H groups in total. The van der Waals surface area contributed by atoms with Crippen LogP contribution in [-0.4, -0.2) is 70.1 Å². The lowest BCUT2D eigenvalue weighted by atomic mass is 9.79. The molecule has 0 unspecified atom stereocenters. The molecule has 0 saturated carbocycles. The summed E-state index contributed by atoms with van der Waals surface area (Å²) in [6.45, 7) is 4.62. The summed E-state index contributed by atoms with van der Waals surface area (Å²) in [4.78, 5) is 121. The van der Waals surface area contributed by atoms with Crippen LogP contribution in [0.25, 0.3) is 65.3 Å². The number of carbonyl (C=O) groups excluding carboxylic acids is 8. The molecule has 0 radical (unpaired) electrons. The Bertz CT molecular complexity index is 4880. The number of unbranched alkanes of at least 4 members (excludes halogenated alkanes) is 6. The van der Waals surface area contributed by atoms with Gasteiger partial charge in [0.2, 0.25) is 0 Å². The van der Waals surface area contributed by atoms with Crippen LogP contribution in [0.1, 0.15) is 170 Å². The first-order chi connectivity index (χ1) is 44.9. The van der Waals surface area contributed by atoms with Gasteiger partial charge in [0, 0.05) is 89.9 Å². The van der Waals surface area contributed by atoms with Gasteiger partial charge in [0.25, 0.3) is 47.3 Å². The van der Waals surface area contributed by atoms with Crippen molar-refractivity contribution in [3.63, 3.8) is 0 Å². The summed E-state index contributed by atoms with van der Waals surface area (Å²) in [7, 11) is 0. The van der Waals surface area contributed by atoms with Crippen molar-refractivity contribution < 1.29 is 38.4 Å². The molecule has 0 saturated heterocycles. The number of imide groups is 4. The van der Waals surface area contributed by atoms with Crippen LogP contribution in [0.5, 0.6) is 0 Å². The van der Waals surface area contributed by atoms with Gasteiger partial charge in [-0.1, -0.05) is 173 Å². The minimum absolute atomic E-state index is 0.186. The second-order valence-corrected chi connectivity index (χ2v) is 23.9. The number of rotatable bonds is 14. The maximum atomic E-state index is 15.1. The van der Waals surface area contributed by atoms with Crippen LogP contribution in [0.3, 0.4) is 0 Å². The maximum Gasteiger partial charge on any atom is 0.266 e. The van der Waals surface area contributed by atoms with Crippen molar-refractivity contribution in [1.82, 2.24) is 9.80 Å². The predicted octanol–water partition coefficient (Wildman–Crippen LogP) is 15.8. The van der Waals surface area contributed by atoms with E-state index in [0.717, 1.165) is 60.8 Å². The largest absolute Gasteiger partial charge is 0.274 e. The van der Waals surface area contributed by atoms with Gasteiger partial charge < -0.3 is 0 Å². The molecule has 92 heavy (non-hydrogen) atoms. The van der Waals surface area contributed by atoms with Crippen molar-refractivity contribution in [3.05, 3.63) is 249 Å². The summed E-state index contributed by atoms with van der Waals surface area (Å²) in [5.74, 6) is 9.68. The summed E-state index contributed by atoms with van der Waals surface area (Å²) >= 11 is 0. The highest BCUT2D eigenvalue weighted by Crippen LogP contribution is 2.49. The summed E-state index contributed by atoms with van der Waals surface area (Å²) in [5.41, 5.74) is 8.41. The van der Waals surface area contributed by atoms with Crippen molar-refractivity contribution in [3.8, 4) is 45.9 Å². The van der Waals surface area contributed by atoms with Crippen LogP contribution >= 0.6 is 0 Å². The molecule has 0 aliphatic carbocycles. The first-order valence-electron chi connectivity index (χ1n) is 31.3. The zero-order valence-corrected chi connectivity index (χ0v) is 50.4. The molecule has 8 amide bonds. The smallest absolute Gasteiger partial charge is 0.266 e. The average molecular weight is 1200 g/mol. The van der Waals surface area contributed by atoms with Gasteiger partial charge in [-0.3, -0.25) is 48.2 Å². The average Bonchev–Trinajstić information content (AvgIpc) is 1.36. The number of carbonyl (C=O) groups is 8. The lowest BCUT2D eigenvalue weighted by Gasteiger charge is -2.31. The molecule has 11 aromatic rings. The Morgan fingerprint density at radius 1 is 0.283 bits per heavy atom. The Hall–Kier alpha value is -11.6. The first kappa shape index (κ1) is 56.9. The zero-order chi connectivity index (χ0) is 63.1. The van der Waals surface area contributed by atoms with E-state index >= 15 is 9.59 Å². The molecule has 0 spiro atoms. The molecule has 4 aliphatic rings. The zero-order valence-electron chi connectivity index (χ0n) is 50.4. The number of amides is 8. The molecule has 0 aromatic heterocycles. The summed E-state index contributed by atoms with van der Waals surface area (Å²) < 4.78 is 0. The van der Waals surface area contributed by atoms with E-state index in [1.165, 1.54) is 19.6 Å². The summed E-state index contributed by atoms with van der Waals surface area (Å²) in [6, 6.07) is 54.6. The molecular formula is C80H56N4O8. The monoisotopic (exact) mass is 1200 g/mol. The number of fused-ring (bicyclic) bond motifs is 4. The fraction of sp³-hybridized carbons (Fsp3) is 0.150. The maximum absolute atomic E-state index is 15.1. The number of hydrogen-bond acceptors (Lipinski definition) is 8. The highest BCUT2D eigenvalue weighted by Gasteiger charge is 2.41. The minimum Gasteiger partial charge on any atom is -0.274 e. The number of nitrogens with zero attached hydrogens (tertiary/aromatic N) is 4. The van der Waals surface area contributed by atoms with Crippen LogP contribution in [0.15, 0.2) is 182 Å². The third-order valence-electron chi connectivity index (χ3n) is 18.4. The Balaban J connectivity index is 0.893. The third kappa shape index (κ3) is 9.16. The molecular weight excluding hydrogens is 1140 g/mol. The SMILES string of the molecule is CCCCCCN1C(=O)c2ccc3c4c(C#Cc5ccc6c(c5)C(=O)N(c5ccc(-c7ccccc7)cc5)C6=O)cc5c6c(ccc(c7c(C#Cc8ccc9c(c8)C(=O)N(c8ccc(-c%10ccccc%10)cc8)C9=O)cc(c2c37)C1=O)c64)C(=O)N(CCCCCC)C5=O. The van der Waals surface area contributed by atoms with Crippen molar-refractivity contribution in [2.24, 2.45) is 0 Å². The molecule has 4 heterocycles. The van der Waals surface area contributed by atoms with E-state index in [2.05, 4.69) is 37.5 Å². The second kappa shape index (κ2) is 22.8. The van der Waals surface area contributed by atoms with E-state index in [1.807, 2.05) is 97.1 Å². The molecule has 12 nitrogen and oxygen atoms in total. The standard InChI is InChI=1S/C80H56N4O8/c1-3-5-7-15-41-81-73(85)61-39-37-59-68-54(26-22-48-24-36-58-64(44-48)80(92)84(78(58)90)56-33-29-52(30-34-56)50-19-13-10-14-20-50)46-66-70-62(74(86)82(76(66)88)42-16-8-6-4-2)40-38-60(72(68)70)67-53(45-65(75(81)87)69(61)71(59)67)25-21-47-23-35-57-63(43-47)79(91)83(77(57)89)55-31-27-51(28-32-55)49-17-11-9-12-18-49/h9-14,17-20,23-24,27-40,43-46H,3-8,15-16,41-42H2,1-2H3. The lowest BCUT2D eigenvalue weighted by Crippen LogP contribution is -2.41. The van der Waals surface area contributed by atoms with Gasteiger partial charge in [0.1, 0.15) is 0 Å². The predicted molar refractivity (Wildman–Crippen MR) is 358 cm³/mol. The van der Waals surface area contributed by atoms with E-state index < -0.39 is 47.3 Å². The molecule has 0 bridgehead atoms. The Kier molecular flexibility index (Phi) is 14.1. The molecule has 0 atom stereocenters. The minimum atomic E-state index is -0.496. The molecule has 12 heteroatoms. The van der Waals surface area contributed by atoms with Crippen molar-refractivity contribution in [2.45, 2.75) is 65.2 Å². The highest BCUT2D eigenvalue weighted by molar-refractivity contribution is 6.43. The van der Waals surface area contributed by atoms with E-state index in [4.69, 9.17) is 0 Å². The Labute approximate surface area is 530 Å². The number of benzene rings is 11. The van der Waals surface area contributed by atoms with Gasteiger partial charge in [0.15, 0.2) is 0 Å². The Morgan fingerprint density at radius 3 is 1.03 bits per heavy atom. The lowest BCUT2D eigenvalue weighted by molar-refractivity contribution is 0.0592. The van der Waals surface area contributed by atoms with Gasteiger partial charge >= 0.3 is 0 Å². The van der Waals surface area contributed by atoms with Crippen molar-refractivity contribution in [1.29, 1.82) is 0 Å². The van der Waals surface area contributed by atoms with Crippen LogP contribution < -0.4 is 9.80 Å². The normalized spacial score (nSPS) is 14.1. The quantitative estimate of drug-likeness (QED) is 0.0343. The van der Waals surface area contributed by atoms with E-state index in [1.54, 1.807) is 84.9 Å². The topological polar surface area (TPSA) is 150 Å². The van der Waals surface area contributed by atoms with Gasteiger partial charge in [-0.15, -0.1) is 0 Å². The molecule has 444 valence electrons. The van der Waals surface area contributed by atoms with Crippen molar-refractivity contribution in [2.75, 3.05) is 22.9 Å². The fourth-order valence-electron chi connectivity index (χ4n) is 13.8. The first-order valence-corrected chi connectivity index (χ1v) is 31.3. The summed E-state index contributed by atoms with van der Waals surface area (Å²) in [6.07, 6.45) is 6.72. The summed E-state index contributed by atoms with van der Waals surface area (Å²) in [5, 5.41) is 4.31. The molecule has 15 rings (SSSR count). The van der Waals surface area contributed by atoms with Gasteiger partial charge in [-0.05, 0) is 131 Å². The second-order valence-electron chi connectivity index (χ2n) is 23.9. The third-order valence-corrected chi connectivity index (χ3v) is 18.4. The van der Waals surface area contributed by atoms with Gasteiger partial charge in [0.05, 0.1) is 33.6 Å². The van der Waals surface area contributed by atoms with E-state index in [0.29, 0.717) is 101 Å². The fourth-order valence-corrected chi connectivity index (χ4v) is 13.8. The van der Waals surface area contributed by atoms with E-state index in [9.17, 15) is 28.8 Å².